The summed E-state index contributed by atoms with van der Waals surface area (Å²) in [6, 6.07) is 16.7. The zero-order valence-corrected chi connectivity index (χ0v) is 17.5. The fourth-order valence-electron chi connectivity index (χ4n) is 3.49. The van der Waals surface area contributed by atoms with Gasteiger partial charge in [-0.05, 0) is 37.3 Å². The number of aromatic nitrogens is 1. The molecule has 0 aliphatic carbocycles. The van der Waals surface area contributed by atoms with E-state index >= 15 is 0 Å². The number of hydrogen-bond acceptors (Lipinski definition) is 5. The van der Waals surface area contributed by atoms with Gasteiger partial charge < -0.3 is 20.1 Å². The van der Waals surface area contributed by atoms with Crippen LogP contribution < -0.4 is 15.5 Å². The molecule has 0 saturated carbocycles. The number of rotatable bonds is 6. The molecular weight excluding hydrogens is 382 g/mol. The van der Waals surface area contributed by atoms with E-state index in [9.17, 15) is 0 Å². The Labute approximate surface area is 175 Å². The van der Waals surface area contributed by atoms with Crippen LogP contribution in [0.1, 0.15) is 25.5 Å². The highest BCUT2D eigenvalue weighted by Gasteiger charge is 2.20. The van der Waals surface area contributed by atoms with E-state index in [-0.39, 0.29) is 0 Å². The summed E-state index contributed by atoms with van der Waals surface area (Å²) >= 11 is 1.81. The minimum Gasteiger partial charge on any atom is -0.363 e. The van der Waals surface area contributed by atoms with Crippen molar-refractivity contribution in [2.24, 2.45) is 4.99 Å². The highest BCUT2D eigenvalue weighted by atomic mass is 32.1. The smallest absolute Gasteiger partial charge is 0.191 e. The lowest BCUT2D eigenvalue weighted by Crippen LogP contribution is -2.48. The zero-order chi connectivity index (χ0) is 19.9. The van der Waals surface area contributed by atoms with Gasteiger partial charge in [0, 0.05) is 37.3 Å². The van der Waals surface area contributed by atoms with Gasteiger partial charge in [0.05, 0.1) is 11.5 Å². The van der Waals surface area contributed by atoms with Crippen LogP contribution in [0.3, 0.4) is 0 Å². The first-order chi connectivity index (χ1) is 14.3. The van der Waals surface area contributed by atoms with Gasteiger partial charge >= 0.3 is 0 Å². The van der Waals surface area contributed by atoms with Crippen molar-refractivity contribution in [3.05, 3.63) is 59.6 Å². The molecule has 2 aromatic heterocycles. The number of nitrogens with zero attached hydrogens (tertiary/aromatic N) is 3. The molecule has 0 atom stereocenters. The molecule has 0 spiro atoms. The van der Waals surface area contributed by atoms with Crippen molar-refractivity contribution in [1.82, 2.24) is 15.8 Å². The number of anilines is 1. The number of aliphatic imine (C=N–C) groups is 1. The number of hydrogen-bond donors (Lipinski definition) is 2. The summed E-state index contributed by atoms with van der Waals surface area (Å²) in [5, 5.41) is 14.6. The van der Waals surface area contributed by atoms with Gasteiger partial charge in [0.25, 0.3) is 0 Å². The fraction of sp³-hybridized carbons (Fsp3) is 0.364. The molecule has 29 heavy (non-hydrogen) atoms. The summed E-state index contributed by atoms with van der Waals surface area (Å²) in [7, 11) is 0. The second-order valence-electron chi connectivity index (χ2n) is 7.10. The average molecular weight is 410 g/mol. The van der Waals surface area contributed by atoms with Crippen LogP contribution >= 0.6 is 11.3 Å². The maximum atomic E-state index is 5.48. The Morgan fingerprint density at radius 3 is 2.76 bits per heavy atom. The van der Waals surface area contributed by atoms with Gasteiger partial charge in [-0.3, -0.25) is 0 Å². The molecule has 0 bridgehead atoms. The lowest BCUT2D eigenvalue weighted by molar-refractivity contribution is 0.423. The predicted octanol–water partition coefficient (Wildman–Crippen LogP) is 4.13. The molecule has 152 valence electrons. The van der Waals surface area contributed by atoms with E-state index in [2.05, 4.69) is 45.1 Å². The summed E-state index contributed by atoms with van der Waals surface area (Å²) in [5.74, 6) is 1.61. The van der Waals surface area contributed by atoms with Crippen molar-refractivity contribution in [1.29, 1.82) is 0 Å². The first-order valence-electron chi connectivity index (χ1n) is 10.2. The van der Waals surface area contributed by atoms with Gasteiger partial charge in [-0.15, -0.1) is 11.3 Å². The predicted molar refractivity (Wildman–Crippen MR) is 119 cm³/mol. The van der Waals surface area contributed by atoms with Crippen LogP contribution in [0.25, 0.3) is 11.3 Å². The van der Waals surface area contributed by atoms with Crippen molar-refractivity contribution in [3.8, 4) is 11.3 Å². The Hall–Kier alpha value is -2.80. The monoisotopic (exact) mass is 409 g/mol. The fourth-order valence-corrected chi connectivity index (χ4v) is 4.28. The zero-order valence-electron chi connectivity index (χ0n) is 16.7. The van der Waals surface area contributed by atoms with E-state index in [1.807, 2.05) is 47.7 Å². The van der Waals surface area contributed by atoms with Crippen LogP contribution in [-0.2, 0) is 6.54 Å². The summed E-state index contributed by atoms with van der Waals surface area (Å²) in [5.41, 5.74) is 1.85. The van der Waals surface area contributed by atoms with Crippen LogP contribution in [0.2, 0.25) is 0 Å². The third-order valence-electron chi connectivity index (χ3n) is 5.01. The SMILES string of the molecule is CCNC(=NCc1cc(-c2ccccc2)on1)NC1CCN(c2cccs2)CC1. The Morgan fingerprint density at radius 1 is 1.21 bits per heavy atom. The van der Waals surface area contributed by atoms with Gasteiger partial charge in [-0.25, -0.2) is 4.99 Å². The molecule has 0 amide bonds. The van der Waals surface area contributed by atoms with Crippen LogP contribution in [-0.4, -0.2) is 36.8 Å². The number of nitrogens with one attached hydrogen (secondary N) is 2. The van der Waals surface area contributed by atoms with Gasteiger partial charge in [-0.2, -0.15) is 0 Å². The van der Waals surface area contributed by atoms with E-state index in [0.29, 0.717) is 12.6 Å². The van der Waals surface area contributed by atoms with Gasteiger partial charge in [0.15, 0.2) is 11.7 Å². The highest BCUT2D eigenvalue weighted by Crippen LogP contribution is 2.25. The number of thiophene rings is 1. The molecule has 7 heteroatoms. The van der Waals surface area contributed by atoms with E-state index in [4.69, 9.17) is 9.52 Å². The average Bonchev–Trinajstić information content (AvgIpc) is 3.46. The largest absolute Gasteiger partial charge is 0.363 e. The number of benzene rings is 1. The van der Waals surface area contributed by atoms with E-state index in [0.717, 1.165) is 55.5 Å². The van der Waals surface area contributed by atoms with Crippen molar-refractivity contribution < 1.29 is 4.52 Å². The van der Waals surface area contributed by atoms with E-state index in [1.54, 1.807) is 0 Å². The second-order valence-corrected chi connectivity index (χ2v) is 8.03. The molecule has 1 aromatic carbocycles. The Bertz CT molecular complexity index is 898. The number of piperidine rings is 1. The molecule has 6 nitrogen and oxygen atoms in total. The molecule has 3 heterocycles. The molecule has 1 aliphatic rings. The molecule has 1 fully saturated rings. The topological polar surface area (TPSA) is 65.7 Å². The summed E-state index contributed by atoms with van der Waals surface area (Å²) < 4.78 is 5.48. The maximum Gasteiger partial charge on any atom is 0.191 e. The summed E-state index contributed by atoms with van der Waals surface area (Å²) in [6.45, 7) is 5.54. The normalized spacial score (nSPS) is 15.5. The van der Waals surface area contributed by atoms with E-state index < -0.39 is 0 Å². The third-order valence-corrected chi connectivity index (χ3v) is 5.94. The van der Waals surface area contributed by atoms with Crippen molar-refractivity contribution in [2.75, 3.05) is 24.5 Å². The van der Waals surface area contributed by atoms with Gasteiger partial charge in [-0.1, -0.05) is 35.5 Å². The Kier molecular flexibility index (Phi) is 6.46. The molecule has 0 unspecified atom stereocenters. The van der Waals surface area contributed by atoms with Crippen molar-refractivity contribution in [2.45, 2.75) is 32.4 Å². The lowest BCUT2D eigenvalue weighted by Gasteiger charge is -2.33. The minimum absolute atomic E-state index is 0.432. The molecule has 0 radical (unpaired) electrons. The highest BCUT2D eigenvalue weighted by molar-refractivity contribution is 7.14. The molecular formula is C22H27N5OS. The summed E-state index contributed by atoms with van der Waals surface area (Å²) in [4.78, 5) is 7.18. The molecule has 3 aromatic rings. The van der Waals surface area contributed by atoms with Crippen LogP contribution in [0.15, 0.2) is 63.4 Å². The van der Waals surface area contributed by atoms with E-state index in [1.165, 1.54) is 5.00 Å². The quantitative estimate of drug-likeness (QED) is 0.473. The van der Waals surface area contributed by atoms with Crippen LogP contribution in [0.5, 0.6) is 0 Å². The van der Waals surface area contributed by atoms with Gasteiger partial charge in [0.1, 0.15) is 5.69 Å². The molecule has 1 saturated heterocycles. The van der Waals surface area contributed by atoms with Crippen LogP contribution in [0, 0.1) is 0 Å². The first kappa shape index (κ1) is 19.5. The van der Waals surface area contributed by atoms with Crippen molar-refractivity contribution in [3.63, 3.8) is 0 Å². The Morgan fingerprint density at radius 2 is 2.03 bits per heavy atom. The lowest BCUT2D eigenvalue weighted by atomic mass is 10.1. The van der Waals surface area contributed by atoms with Gasteiger partial charge in [0.2, 0.25) is 0 Å². The summed E-state index contributed by atoms with van der Waals surface area (Å²) in [6.07, 6.45) is 2.20. The maximum absolute atomic E-state index is 5.48. The Balaban J connectivity index is 1.33. The molecule has 4 rings (SSSR count). The second kappa shape index (κ2) is 9.60. The molecule has 2 N–H and O–H groups in total. The van der Waals surface area contributed by atoms with Crippen molar-refractivity contribution >= 4 is 22.3 Å². The third kappa shape index (κ3) is 5.17. The minimum atomic E-state index is 0.432. The standard InChI is InChI=1S/C22H27N5OS/c1-2-23-22(25-18-10-12-27(13-11-18)21-9-6-14-29-21)24-16-19-15-20(28-26-19)17-7-4-3-5-8-17/h3-9,14-15,18H,2,10-13,16H2,1H3,(H2,23,24,25). The van der Waals surface area contributed by atoms with Crippen LogP contribution in [0.4, 0.5) is 5.00 Å². The number of guanidine groups is 1. The first-order valence-corrected chi connectivity index (χ1v) is 11.0. The molecule has 1 aliphatic heterocycles.